The van der Waals surface area contributed by atoms with Crippen molar-refractivity contribution in [2.75, 3.05) is 19.8 Å². The van der Waals surface area contributed by atoms with Gasteiger partial charge in [0.25, 0.3) is 0 Å². The zero-order valence-electron chi connectivity index (χ0n) is 10.0. The van der Waals surface area contributed by atoms with E-state index < -0.39 is 11.6 Å². The second-order valence-corrected chi connectivity index (χ2v) is 3.86. The molecular weight excluding hydrogens is 245 g/mol. The van der Waals surface area contributed by atoms with Crippen molar-refractivity contribution in [3.63, 3.8) is 0 Å². The standard InChI is InChI=1S/C12H17ClFNO2/c1-3-16-12(8-15,17-4-2)9-5-6-11(14)10(13)7-9/h5-7H,3-4,8,15H2,1-2H3. The molecule has 0 aliphatic heterocycles. The van der Waals surface area contributed by atoms with Crippen molar-refractivity contribution in [2.24, 2.45) is 5.73 Å². The normalized spacial score (nSPS) is 11.8. The van der Waals surface area contributed by atoms with E-state index in [0.717, 1.165) is 0 Å². The number of halogens is 2. The molecule has 0 fully saturated rings. The summed E-state index contributed by atoms with van der Waals surface area (Å²) >= 11 is 5.75. The average Bonchev–Trinajstić information content (AvgIpc) is 2.32. The maximum absolute atomic E-state index is 13.1. The van der Waals surface area contributed by atoms with Crippen LogP contribution in [0.2, 0.25) is 5.02 Å². The van der Waals surface area contributed by atoms with Crippen molar-refractivity contribution in [1.82, 2.24) is 0 Å². The third-order valence-corrected chi connectivity index (χ3v) is 2.67. The number of rotatable bonds is 6. The molecule has 0 unspecified atom stereocenters. The molecule has 0 saturated carbocycles. The Balaban J connectivity index is 3.14. The van der Waals surface area contributed by atoms with Gasteiger partial charge in [0.1, 0.15) is 5.82 Å². The van der Waals surface area contributed by atoms with Crippen LogP contribution in [0.3, 0.4) is 0 Å². The van der Waals surface area contributed by atoms with E-state index in [4.69, 9.17) is 26.8 Å². The van der Waals surface area contributed by atoms with Crippen LogP contribution in [0.1, 0.15) is 19.4 Å². The molecule has 3 nitrogen and oxygen atoms in total. The van der Waals surface area contributed by atoms with Crippen LogP contribution in [0.5, 0.6) is 0 Å². The Bertz CT molecular complexity index is 368. The van der Waals surface area contributed by atoms with Gasteiger partial charge in [-0.2, -0.15) is 0 Å². The highest BCUT2D eigenvalue weighted by Crippen LogP contribution is 2.29. The molecule has 0 aliphatic carbocycles. The molecule has 0 heterocycles. The van der Waals surface area contributed by atoms with Crippen LogP contribution in [0.15, 0.2) is 18.2 Å². The molecule has 0 spiro atoms. The largest absolute Gasteiger partial charge is 0.345 e. The molecule has 1 aromatic rings. The second-order valence-electron chi connectivity index (χ2n) is 3.45. The van der Waals surface area contributed by atoms with E-state index in [2.05, 4.69) is 0 Å². The summed E-state index contributed by atoms with van der Waals surface area (Å²) < 4.78 is 24.3. The van der Waals surface area contributed by atoms with Gasteiger partial charge in [0.2, 0.25) is 5.79 Å². The maximum Gasteiger partial charge on any atom is 0.207 e. The van der Waals surface area contributed by atoms with Gasteiger partial charge in [0.15, 0.2) is 0 Å². The minimum atomic E-state index is -1.05. The fraction of sp³-hybridized carbons (Fsp3) is 0.500. The lowest BCUT2D eigenvalue weighted by Crippen LogP contribution is -2.41. The molecule has 17 heavy (non-hydrogen) atoms. The summed E-state index contributed by atoms with van der Waals surface area (Å²) in [4.78, 5) is 0. The molecular formula is C12H17ClFNO2. The molecule has 0 atom stereocenters. The van der Waals surface area contributed by atoms with E-state index in [-0.39, 0.29) is 11.6 Å². The van der Waals surface area contributed by atoms with Crippen LogP contribution in [0.4, 0.5) is 4.39 Å². The van der Waals surface area contributed by atoms with Crippen molar-refractivity contribution >= 4 is 11.6 Å². The Morgan fingerprint density at radius 3 is 2.29 bits per heavy atom. The van der Waals surface area contributed by atoms with Crippen LogP contribution < -0.4 is 5.73 Å². The zero-order valence-corrected chi connectivity index (χ0v) is 10.8. The van der Waals surface area contributed by atoms with E-state index in [9.17, 15) is 4.39 Å². The Labute approximate surface area is 106 Å². The van der Waals surface area contributed by atoms with Crippen molar-refractivity contribution in [3.05, 3.63) is 34.6 Å². The first-order valence-electron chi connectivity index (χ1n) is 5.53. The lowest BCUT2D eigenvalue weighted by Gasteiger charge is -2.32. The fourth-order valence-corrected chi connectivity index (χ4v) is 1.82. The second kappa shape index (κ2) is 6.31. The number of nitrogens with two attached hydrogens (primary N) is 1. The maximum atomic E-state index is 13.1. The van der Waals surface area contributed by atoms with Crippen molar-refractivity contribution in [2.45, 2.75) is 19.6 Å². The van der Waals surface area contributed by atoms with Gasteiger partial charge in [-0.15, -0.1) is 0 Å². The van der Waals surface area contributed by atoms with Crippen molar-refractivity contribution in [3.8, 4) is 0 Å². The lowest BCUT2D eigenvalue weighted by atomic mass is 10.1. The lowest BCUT2D eigenvalue weighted by molar-refractivity contribution is -0.235. The van der Waals surface area contributed by atoms with Crippen molar-refractivity contribution in [1.29, 1.82) is 0 Å². The molecule has 2 N–H and O–H groups in total. The molecule has 0 bridgehead atoms. The SMILES string of the molecule is CCOC(CN)(OCC)c1ccc(F)c(Cl)c1. The van der Waals surface area contributed by atoms with Gasteiger partial charge in [-0.3, -0.25) is 0 Å². The van der Waals surface area contributed by atoms with E-state index in [0.29, 0.717) is 18.8 Å². The fourth-order valence-electron chi connectivity index (χ4n) is 1.64. The van der Waals surface area contributed by atoms with E-state index in [1.54, 1.807) is 6.07 Å². The first-order chi connectivity index (χ1) is 8.09. The van der Waals surface area contributed by atoms with Crippen LogP contribution in [0, 0.1) is 5.82 Å². The van der Waals surface area contributed by atoms with Gasteiger partial charge >= 0.3 is 0 Å². The first kappa shape index (κ1) is 14.4. The summed E-state index contributed by atoms with van der Waals surface area (Å²) in [6.07, 6.45) is 0. The molecule has 96 valence electrons. The highest BCUT2D eigenvalue weighted by Gasteiger charge is 2.32. The predicted octanol–water partition coefficient (Wildman–Crippen LogP) is 2.66. The van der Waals surface area contributed by atoms with Gasteiger partial charge in [-0.05, 0) is 26.0 Å². The number of hydrogen-bond acceptors (Lipinski definition) is 3. The molecule has 5 heteroatoms. The average molecular weight is 262 g/mol. The van der Waals surface area contributed by atoms with Gasteiger partial charge < -0.3 is 15.2 Å². The molecule has 1 aromatic carbocycles. The van der Waals surface area contributed by atoms with Gasteiger partial charge in [-0.25, -0.2) is 4.39 Å². The predicted molar refractivity (Wildman–Crippen MR) is 65.4 cm³/mol. The highest BCUT2D eigenvalue weighted by molar-refractivity contribution is 6.30. The Kier molecular flexibility index (Phi) is 5.33. The monoisotopic (exact) mass is 261 g/mol. The van der Waals surface area contributed by atoms with Crippen LogP contribution >= 0.6 is 11.6 Å². The van der Waals surface area contributed by atoms with Crippen LogP contribution in [-0.2, 0) is 15.3 Å². The molecule has 0 saturated heterocycles. The molecule has 0 radical (unpaired) electrons. The minimum Gasteiger partial charge on any atom is -0.345 e. The quantitative estimate of drug-likeness (QED) is 0.801. The number of benzene rings is 1. The van der Waals surface area contributed by atoms with E-state index in [1.807, 2.05) is 13.8 Å². The highest BCUT2D eigenvalue weighted by atomic mass is 35.5. The van der Waals surface area contributed by atoms with Gasteiger partial charge in [0, 0.05) is 18.8 Å². The smallest absolute Gasteiger partial charge is 0.207 e. The number of ether oxygens (including phenoxy) is 2. The first-order valence-corrected chi connectivity index (χ1v) is 5.91. The third kappa shape index (κ3) is 3.16. The Morgan fingerprint density at radius 1 is 1.29 bits per heavy atom. The summed E-state index contributed by atoms with van der Waals surface area (Å²) in [5.74, 6) is -1.53. The Morgan fingerprint density at radius 2 is 1.88 bits per heavy atom. The molecule has 0 aromatic heterocycles. The number of hydrogen-bond donors (Lipinski definition) is 1. The molecule has 0 aliphatic rings. The van der Waals surface area contributed by atoms with Crippen molar-refractivity contribution < 1.29 is 13.9 Å². The van der Waals surface area contributed by atoms with E-state index >= 15 is 0 Å². The van der Waals surface area contributed by atoms with Crippen LogP contribution in [0.25, 0.3) is 0 Å². The third-order valence-electron chi connectivity index (χ3n) is 2.38. The molecule has 1 rings (SSSR count). The zero-order chi connectivity index (χ0) is 12.9. The topological polar surface area (TPSA) is 44.5 Å². The summed E-state index contributed by atoms with van der Waals surface area (Å²) in [5.41, 5.74) is 6.33. The summed E-state index contributed by atoms with van der Waals surface area (Å²) in [6, 6.07) is 4.33. The minimum absolute atomic E-state index is 0.0275. The van der Waals surface area contributed by atoms with E-state index in [1.165, 1.54) is 12.1 Å². The summed E-state index contributed by atoms with van der Waals surface area (Å²) in [5, 5.41) is 0.0275. The molecule has 0 amide bonds. The van der Waals surface area contributed by atoms with Crippen LogP contribution in [-0.4, -0.2) is 19.8 Å². The van der Waals surface area contributed by atoms with Gasteiger partial charge in [0.05, 0.1) is 11.6 Å². The van der Waals surface area contributed by atoms with Gasteiger partial charge in [-0.1, -0.05) is 17.7 Å². The Hall–Kier alpha value is -0.680. The summed E-state index contributed by atoms with van der Waals surface area (Å²) in [6.45, 7) is 4.69. The summed E-state index contributed by atoms with van der Waals surface area (Å²) in [7, 11) is 0.